The normalized spacial score (nSPS) is 23.2. The molecule has 100 valence electrons. The SMILES string of the molecule is CN=C1NC(=O)C(c2cc(Cl)c3c(c2)OCCO3)N1. The van der Waals surface area contributed by atoms with Crippen molar-refractivity contribution in [2.24, 2.45) is 4.99 Å². The maximum atomic E-state index is 11.9. The Hall–Kier alpha value is -1.95. The maximum absolute atomic E-state index is 11.9. The summed E-state index contributed by atoms with van der Waals surface area (Å²) in [7, 11) is 1.60. The third-order valence-electron chi connectivity index (χ3n) is 2.96. The number of aliphatic imine (C=N–C) groups is 1. The molecule has 3 rings (SSSR count). The lowest BCUT2D eigenvalue weighted by Gasteiger charge is -2.21. The van der Waals surface area contributed by atoms with Crippen molar-refractivity contribution in [3.05, 3.63) is 22.7 Å². The van der Waals surface area contributed by atoms with Crippen LogP contribution >= 0.6 is 11.6 Å². The molecule has 0 aromatic heterocycles. The van der Waals surface area contributed by atoms with Crippen LogP contribution in [-0.4, -0.2) is 32.1 Å². The van der Waals surface area contributed by atoms with E-state index in [1.54, 1.807) is 19.2 Å². The molecule has 19 heavy (non-hydrogen) atoms. The molecular weight excluding hydrogens is 270 g/mol. The van der Waals surface area contributed by atoms with Gasteiger partial charge in [-0.05, 0) is 17.7 Å². The fourth-order valence-electron chi connectivity index (χ4n) is 2.08. The van der Waals surface area contributed by atoms with Crippen LogP contribution in [0.15, 0.2) is 17.1 Å². The van der Waals surface area contributed by atoms with Gasteiger partial charge in [-0.15, -0.1) is 0 Å². The number of hydrogen-bond donors (Lipinski definition) is 2. The number of guanidine groups is 1. The van der Waals surface area contributed by atoms with Crippen molar-refractivity contribution in [2.75, 3.05) is 20.3 Å². The van der Waals surface area contributed by atoms with Crippen molar-refractivity contribution < 1.29 is 14.3 Å². The highest BCUT2D eigenvalue weighted by Gasteiger charge is 2.31. The van der Waals surface area contributed by atoms with Crippen LogP contribution in [0.5, 0.6) is 11.5 Å². The van der Waals surface area contributed by atoms with Crippen LogP contribution in [0.1, 0.15) is 11.6 Å². The Morgan fingerprint density at radius 1 is 1.37 bits per heavy atom. The standard InChI is InChI=1S/C12H12ClN3O3/c1-14-12-15-9(11(17)16-12)6-4-7(13)10-8(5-6)18-2-3-19-10/h4-5,9H,2-3H2,1H3,(H2,14,15,16,17). The Bertz CT molecular complexity index is 574. The van der Waals surface area contributed by atoms with E-state index in [2.05, 4.69) is 15.6 Å². The quantitative estimate of drug-likeness (QED) is 0.801. The average molecular weight is 282 g/mol. The molecule has 0 aliphatic carbocycles. The number of halogens is 1. The fourth-order valence-corrected chi connectivity index (χ4v) is 2.35. The first-order valence-electron chi connectivity index (χ1n) is 5.82. The van der Waals surface area contributed by atoms with E-state index in [0.717, 1.165) is 0 Å². The number of nitrogens with one attached hydrogen (secondary N) is 2. The smallest absolute Gasteiger partial charge is 0.253 e. The summed E-state index contributed by atoms with van der Waals surface area (Å²) in [6, 6.07) is 2.94. The van der Waals surface area contributed by atoms with E-state index < -0.39 is 6.04 Å². The van der Waals surface area contributed by atoms with Crippen LogP contribution in [0.3, 0.4) is 0 Å². The number of nitrogens with zero attached hydrogens (tertiary/aromatic N) is 1. The molecule has 7 heteroatoms. The van der Waals surface area contributed by atoms with Gasteiger partial charge < -0.3 is 14.8 Å². The molecule has 2 heterocycles. The van der Waals surface area contributed by atoms with E-state index in [9.17, 15) is 4.79 Å². The van der Waals surface area contributed by atoms with Crippen molar-refractivity contribution in [1.29, 1.82) is 0 Å². The number of ether oxygens (including phenoxy) is 2. The van der Waals surface area contributed by atoms with Gasteiger partial charge in [0, 0.05) is 7.05 Å². The second kappa shape index (κ2) is 4.62. The predicted molar refractivity (Wildman–Crippen MR) is 69.8 cm³/mol. The average Bonchev–Trinajstić information content (AvgIpc) is 2.80. The lowest BCUT2D eigenvalue weighted by Crippen LogP contribution is -2.24. The number of fused-ring (bicyclic) bond motifs is 1. The van der Waals surface area contributed by atoms with Crippen LogP contribution in [-0.2, 0) is 4.79 Å². The summed E-state index contributed by atoms with van der Waals surface area (Å²) >= 11 is 6.15. The molecule has 1 unspecified atom stereocenters. The summed E-state index contributed by atoms with van der Waals surface area (Å²) in [4.78, 5) is 15.8. The zero-order chi connectivity index (χ0) is 13.4. The molecule has 0 saturated carbocycles. The first kappa shape index (κ1) is 12.1. The zero-order valence-corrected chi connectivity index (χ0v) is 11.0. The van der Waals surface area contributed by atoms with Gasteiger partial charge in [0.1, 0.15) is 19.3 Å². The lowest BCUT2D eigenvalue weighted by molar-refractivity contribution is -0.120. The molecule has 0 spiro atoms. The van der Waals surface area contributed by atoms with E-state index >= 15 is 0 Å². The number of carbonyl (C=O) groups is 1. The number of benzene rings is 1. The molecule has 2 N–H and O–H groups in total. The van der Waals surface area contributed by atoms with Crippen LogP contribution in [0, 0.1) is 0 Å². The van der Waals surface area contributed by atoms with Gasteiger partial charge >= 0.3 is 0 Å². The number of amides is 1. The van der Waals surface area contributed by atoms with Crippen molar-refractivity contribution >= 4 is 23.5 Å². The fraction of sp³-hybridized carbons (Fsp3) is 0.333. The van der Waals surface area contributed by atoms with Gasteiger partial charge in [0.2, 0.25) is 0 Å². The van der Waals surface area contributed by atoms with Gasteiger partial charge in [0.25, 0.3) is 5.91 Å². The Morgan fingerprint density at radius 3 is 2.89 bits per heavy atom. The Labute approximate surface area is 114 Å². The molecule has 2 aliphatic rings. The minimum Gasteiger partial charge on any atom is -0.486 e. The highest BCUT2D eigenvalue weighted by atomic mass is 35.5. The molecule has 1 saturated heterocycles. The Morgan fingerprint density at radius 2 is 2.16 bits per heavy atom. The van der Waals surface area contributed by atoms with Crippen LogP contribution < -0.4 is 20.1 Å². The van der Waals surface area contributed by atoms with Crippen molar-refractivity contribution in [2.45, 2.75) is 6.04 Å². The van der Waals surface area contributed by atoms with Crippen molar-refractivity contribution in [1.82, 2.24) is 10.6 Å². The molecule has 2 aliphatic heterocycles. The summed E-state index contributed by atoms with van der Waals surface area (Å²) < 4.78 is 10.9. The monoisotopic (exact) mass is 281 g/mol. The zero-order valence-electron chi connectivity index (χ0n) is 10.2. The molecule has 1 aromatic rings. The van der Waals surface area contributed by atoms with E-state index in [0.29, 0.717) is 41.3 Å². The molecule has 1 aromatic carbocycles. The molecular formula is C12H12ClN3O3. The van der Waals surface area contributed by atoms with Crippen molar-refractivity contribution in [3.8, 4) is 11.5 Å². The van der Waals surface area contributed by atoms with Gasteiger partial charge in [-0.1, -0.05) is 11.6 Å². The number of hydrogen-bond acceptors (Lipinski definition) is 4. The van der Waals surface area contributed by atoms with E-state index in [-0.39, 0.29) is 5.91 Å². The largest absolute Gasteiger partial charge is 0.486 e. The van der Waals surface area contributed by atoms with Gasteiger partial charge in [-0.3, -0.25) is 15.1 Å². The minimum absolute atomic E-state index is 0.173. The maximum Gasteiger partial charge on any atom is 0.253 e. The molecule has 1 atom stereocenters. The van der Waals surface area contributed by atoms with E-state index in [1.165, 1.54) is 0 Å². The van der Waals surface area contributed by atoms with Crippen LogP contribution in [0.2, 0.25) is 5.02 Å². The topological polar surface area (TPSA) is 72.0 Å². The summed E-state index contributed by atoms with van der Waals surface area (Å²) in [5, 5.41) is 6.05. The third kappa shape index (κ3) is 2.08. The summed E-state index contributed by atoms with van der Waals surface area (Å²) in [5.74, 6) is 1.36. The second-order valence-electron chi connectivity index (χ2n) is 4.17. The highest BCUT2D eigenvalue weighted by Crippen LogP contribution is 2.39. The molecule has 0 radical (unpaired) electrons. The summed E-state index contributed by atoms with van der Waals surface area (Å²) in [5.41, 5.74) is 0.713. The molecule has 0 bridgehead atoms. The molecule has 1 fully saturated rings. The molecule has 1 amide bonds. The van der Waals surface area contributed by atoms with E-state index in [1.807, 2.05) is 0 Å². The number of carbonyl (C=O) groups excluding carboxylic acids is 1. The van der Waals surface area contributed by atoms with Gasteiger partial charge in [0.05, 0.1) is 5.02 Å². The Balaban J connectivity index is 1.98. The van der Waals surface area contributed by atoms with Gasteiger partial charge in [-0.25, -0.2) is 0 Å². The van der Waals surface area contributed by atoms with Gasteiger partial charge in [0.15, 0.2) is 17.5 Å². The minimum atomic E-state index is -0.521. The summed E-state index contributed by atoms with van der Waals surface area (Å²) in [6.45, 7) is 0.944. The molecule has 6 nitrogen and oxygen atoms in total. The highest BCUT2D eigenvalue weighted by molar-refractivity contribution is 6.32. The lowest BCUT2D eigenvalue weighted by atomic mass is 10.1. The summed E-state index contributed by atoms with van der Waals surface area (Å²) in [6.07, 6.45) is 0. The second-order valence-corrected chi connectivity index (χ2v) is 4.57. The first-order valence-corrected chi connectivity index (χ1v) is 6.20. The number of rotatable bonds is 1. The predicted octanol–water partition coefficient (Wildman–Crippen LogP) is 0.857. The third-order valence-corrected chi connectivity index (χ3v) is 3.24. The Kier molecular flexibility index (Phi) is 2.94. The first-order chi connectivity index (χ1) is 9.19. The van der Waals surface area contributed by atoms with Crippen molar-refractivity contribution in [3.63, 3.8) is 0 Å². The van der Waals surface area contributed by atoms with E-state index in [4.69, 9.17) is 21.1 Å². The van der Waals surface area contributed by atoms with Crippen LogP contribution in [0.4, 0.5) is 0 Å². The van der Waals surface area contributed by atoms with Crippen LogP contribution in [0.25, 0.3) is 0 Å². The van der Waals surface area contributed by atoms with Gasteiger partial charge in [-0.2, -0.15) is 0 Å².